The molecule has 0 aliphatic carbocycles. The second kappa shape index (κ2) is 5.31. The molecule has 2 aromatic carbocycles. The number of halogens is 5. The third kappa shape index (κ3) is 2.87. The zero-order chi connectivity index (χ0) is 12.6. The summed E-state index contributed by atoms with van der Waals surface area (Å²) in [4.78, 5) is 0. The fourth-order valence-electron chi connectivity index (χ4n) is 1.46. The molecule has 0 radical (unpaired) electrons. The van der Waals surface area contributed by atoms with E-state index in [1.807, 2.05) is 22.6 Å². The molecule has 0 spiro atoms. The maximum Gasteiger partial charge on any atom is 0.124 e. The van der Waals surface area contributed by atoms with Crippen LogP contribution in [0.4, 0.5) is 4.39 Å². The van der Waals surface area contributed by atoms with Gasteiger partial charge in [-0.25, -0.2) is 4.39 Å². The minimum absolute atomic E-state index is 0.289. The van der Waals surface area contributed by atoms with Crippen molar-refractivity contribution in [3.8, 4) is 11.1 Å². The lowest BCUT2D eigenvalue weighted by Gasteiger charge is -2.09. The Morgan fingerprint density at radius 1 is 0.941 bits per heavy atom. The SMILES string of the molecule is Fc1ccc(-c2cc(Cl)cc(Cl)c2Cl)c(I)c1. The summed E-state index contributed by atoms with van der Waals surface area (Å²) < 4.78 is 13.8. The molecule has 0 saturated heterocycles. The first-order valence-corrected chi connectivity index (χ1v) is 6.80. The van der Waals surface area contributed by atoms with Crippen LogP contribution in [0, 0.1) is 9.39 Å². The number of rotatable bonds is 1. The van der Waals surface area contributed by atoms with Gasteiger partial charge in [0.2, 0.25) is 0 Å². The number of hydrogen-bond donors (Lipinski definition) is 0. The molecule has 2 rings (SSSR count). The molecule has 88 valence electrons. The molecule has 5 heteroatoms. The van der Waals surface area contributed by atoms with E-state index in [0.717, 1.165) is 9.13 Å². The van der Waals surface area contributed by atoms with E-state index in [0.29, 0.717) is 20.6 Å². The fraction of sp³-hybridized carbons (Fsp3) is 0. The quantitative estimate of drug-likeness (QED) is 0.403. The average Bonchev–Trinajstić information content (AvgIpc) is 2.24. The normalized spacial score (nSPS) is 10.6. The highest BCUT2D eigenvalue weighted by Gasteiger charge is 2.12. The van der Waals surface area contributed by atoms with Crippen LogP contribution in [0.5, 0.6) is 0 Å². The predicted molar refractivity (Wildman–Crippen MR) is 79.6 cm³/mol. The van der Waals surface area contributed by atoms with Gasteiger partial charge in [0.15, 0.2) is 0 Å². The van der Waals surface area contributed by atoms with Gasteiger partial charge in [0, 0.05) is 14.2 Å². The molecule has 0 unspecified atom stereocenters. The van der Waals surface area contributed by atoms with Crippen LogP contribution < -0.4 is 0 Å². The van der Waals surface area contributed by atoms with Crippen LogP contribution in [0.3, 0.4) is 0 Å². The van der Waals surface area contributed by atoms with Crippen molar-refractivity contribution in [2.45, 2.75) is 0 Å². The molecular weight excluding hydrogens is 396 g/mol. The molecule has 0 N–H and O–H groups in total. The maximum absolute atomic E-state index is 13.0. The molecule has 0 aliphatic rings. The standard InChI is InChI=1S/C12H5Cl3FI/c13-6-3-9(12(15)10(14)4-6)8-2-1-7(16)5-11(8)17/h1-5H. The zero-order valence-corrected chi connectivity index (χ0v) is 12.7. The molecular formula is C12H5Cl3FI. The van der Waals surface area contributed by atoms with Gasteiger partial charge in [0.1, 0.15) is 5.82 Å². The molecule has 0 saturated carbocycles. The van der Waals surface area contributed by atoms with Gasteiger partial charge >= 0.3 is 0 Å². The first-order valence-electron chi connectivity index (χ1n) is 4.59. The van der Waals surface area contributed by atoms with Gasteiger partial charge < -0.3 is 0 Å². The third-order valence-electron chi connectivity index (χ3n) is 2.21. The van der Waals surface area contributed by atoms with E-state index >= 15 is 0 Å². The van der Waals surface area contributed by atoms with Crippen molar-refractivity contribution in [2.24, 2.45) is 0 Å². The summed E-state index contributed by atoms with van der Waals surface area (Å²) in [6.07, 6.45) is 0. The Morgan fingerprint density at radius 3 is 2.29 bits per heavy atom. The van der Waals surface area contributed by atoms with Crippen LogP contribution in [0.25, 0.3) is 11.1 Å². The van der Waals surface area contributed by atoms with Gasteiger partial charge in [0.25, 0.3) is 0 Å². The summed E-state index contributed by atoms with van der Waals surface area (Å²) in [7, 11) is 0. The first kappa shape index (κ1) is 13.4. The lowest BCUT2D eigenvalue weighted by Crippen LogP contribution is -1.87. The Balaban J connectivity index is 2.68. The summed E-state index contributed by atoms with van der Waals surface area (Å²) in [5, 5.41) is 1.30. The summed E-state index contributed by atoms with van der Waals surface area (Å²) in [6, 6.07) is 7.76. The lowest BCUT2D eigenvalue weighted by atomic mass is 10.1. The monoisotopic (exact) mass is 400 g/mol. The molecule has 0 atom stereocenters. The Hall–Kier alpha value is -0.0300. The van der Waals surface area contributed by atoms with Crippen molar-refractivity contribution in [3.63, 3.8) is 0 Å². The van der Waals surface area contributed by atoms with Crippen molar-refractivity contribution >= 4 is 57.4 Å². The predicted octanol–water partition coefficient (Wildman–Crippen LogP) is 6.06. The molecule has 0 bridgehead atoms. The van der Waals surface area contributed by atoms with Gasteiger partial charge in [-0.15, -0.1) is 0 Å². The van der Waals surface area contributed by atoms with Crippen molar-refractivity contribution in [1.82, 2.24) is 0 Å². The Kier molecular flexibility index (Phi) is 4.18. The Bertz CT molecular complexity index is 584. The van der Waals surface area contributed by atoms with E-state index in [2.05, 4.69) is 0 Å². The van der Waals surface area contributed by atoms with Gasteiger partial charge in [-0.3, -0.25) is 0 Å². The average molecular weight is 401 g/mol. The molecule has 0 amide bonds. The summed E-state index contributed by atoms with van der Waals surface area (Å²) in [5.74, 6) is -0.289. The van der Waals surface area contributed by atoms with Crippen LogP contribution in [-0.4, -0.2) is 0 Å². The molecule has 2 aromatic rings. The fourth-order valence-corrected chi connectivity index (χ4v) is 2.93. The van der Waals surface area contributed by atoms with E-state index in [9.17, 15) is 4.39 Å². The van der Waals surface area contributed by atoms with Crippen molar-refractivity contribution in [2.75, 3.05) is 0 Å². The van der Waals surface area contributed by atoms with E-state index in [1.165, 1.54) is 12.1 Å². The molecule has 17 heavy (non-hydrogen) atoms. The summed E-state index contributed by atoms with van der Waals surface area (Å²) >= 11 is 20.1. The van der Waals surface area contributed by atoms with Crippen LogP contribution in [0.15, 0.2) is 30.3 Å². The zero-order valence-electron chi connectivity index (χ0n) is 8.28. The molecule has 0 aromatic heterocycles. The van der Waals surface area contributed by atoms with Crippen molar-refractivity contribution < 1.29 is 4.39 Å². The second-order valence-corrected chi connectivity index (χ2v) is 5.76. The van der Waals surface area contributed by atoms with Gasteiger partial charge in [-0.05, 0) is 52.4 Å². The lowest BCUT2D eigenvalue weighted by molar-refractivity contribution is 0.627. The summed E-state index contributed by atoms with van der Waals surface area (Å²) in [5.41, 5.74) is 1.51. The summed E-state index contributed by atoms with van der Waals surface area (Å²) in [6.45, 7) is 0. The first-order chi connectivity index (χ1) is 7.99. The minimum atomic E-state index is -0.289. The number of benzene rings is 2. The smallest absolute Gasteiger partial charge is 0.124 e. The van der Waals surface area contributed by atoms with Crippen LogP contribution >= 0.6 is 57.4 Å². The Labute approximate surface area is 127 Å². The van der Waals surface area contributed by atoms with Gasteiger partial charge in [-0.1, -0.05) is 40.9 Å². The molecule has 0 fully saturated rings. The highest BCUT2D eigenvalue weighted by molar-refractivity contribution is 14.1. The third-order valence-corrected chi connectivity index (χ3v) is 4.13. The van der Waals surface area contributed by atoms with E-state index in [1.54, 1.807) is 18.2 Å². The van der Waals surface area contributed by atoms with Crippen LogP contribution in [-0.2, 0) is 0 Å². The second-order valence-electron chi connectivity index (χ2n) is 3.37. The molecule has 0 aliphatic heterocycles. The van der Waals surface area contributed by atoms with Crippen LogP contribution in [0.2, 0.25) is 15.1 Å². The van der Waals surface area contributed by atoms with Gasteiger partial charge in [-0.2, -0.15) is 0 Å². The van der Waals surface area contributed by atoms with Gasteiger partial charge in [0.05, 0.1) is 10.0 Å². The highest BCUT2D eigenvalue weighted by atomic mass is 127. The highest BCUT2D eigenvalue weighted by Crippen LogP contribution is 2.38. The van der Waals surface area contributed by atoms with Crippen LogP contribution in [0.1, 0.15) is 0 Å². The minimum Gasteiger partial charge on any atom is -0.207 e. The Morgan fingerprint density at radius 2 is 1.65 bits per heavy atom. The molecule has 0 heterocycles. The van der Waals surface area contributed by atoms with Crippen molar-refractivity contribution in [1.29, 1.82) is 0 Å². The topological polar surface area (TPSA) is 0 Å². The molecule has 0 nitrogen and oxygen atoms in total. The van der Waals surface area contributed by atoms with Crippen molar-refractivity contribution in [3.05, 3.63) is 54.8 Å². The maximum atomic E-state index is 13.0. The number of hydrogen-bond acceptors (Lipinski definition) is 0. The largest absolute Gasteiger partial charge is 0.207 e. The van der Waals surface area contributed by atoms with E-state index in [4.69, 9.17) is 34.8 Å². The van der Waals surface area contributed by atoms with E-state index < -0.39 is 0 Å². The van der Waals surface area contributed by atoms with E-state index in [-0.39, 0.29) is 5.82 Å².